The second kappa shape index (κ2) is 7.68. The minimum Gasteiger partial charge on any atom is -0.492 e. The molecule has 0 fully saturated rings. The van der Waals surface area contributed by atoms with Crippen LogP contribution < -0.4 is 19.5 Å². The quantitative estimate of drug-likeness (QED) is 0.832. The monoisotopic (exact) mass is 355 g/mol. The van der Waals surface area contributed by atoms with E-state index in [4.69, 9.17) is 14.2 Å². The first-order valence-corrected chi connectivity index (χ1v) is 9.00. The number of benzene rings is 2. The number of hydrogen-bond donors (Lipinski definition) is 1. The van der Waals surface area contributed by atoms with E-state index in [1.807, 2.05) is 39.8 Å². The molecule has 5 heteroatoms. The van der Waals surface area contributed by atoms with Gasteiger partial charge in [-0.2, -0.15) is 0 Å². The molecule has 2 aromatic rings. The Kier molecular flexibility index (Phi) is 5.35. The van der Waals surface area contributed by atoms with Crippen molar-refractivity contribution in [2.24, 2.45) is 0 Å². The van der Waals surface area contributed by atoms with Crippen LogP contribution in [0.2, 0.25) is 0 Å². The smallest absolute Gasteiger partial charge is 0.255 e. The van der Waals surface area contributed by atoms with Crippen molar-refractivity contribution in [3.63, 3.8) is 0 Å². The molecule has 0 unspecified atom stereocenters. The molecular weight excluding hydrogens is 330 g/mol. The Labute approximate surface area is 154 Å². The van der Waals surface area contributed by atoms with E-state index in [1.54, 1.807) is 24.3 Å². The summed E-state index contributed by atoms with van der Waals surface area (Å²) in [6.45, 7) is 8.41. The SMILES string of the molecule is CCOc1cc2c(cc1NC(=O)c1ccc(OC(C)C)cc1)O[C@@H](C)C2. The minimum atomic E-state index is -0.201. The van der Waals surface area contributed by atoms with Gasteiger partial charge in [0, 0.05) is 23.6 Å². The van der Waals surface area contributed by atoms with Crippen LogP contribution in [0.15, 0.2) is 36.4 Å². The van der Waals surface area contributed by atoms with E-state index >= 15 is 0 Å². The van der Waals surface area contributed by atoms with Crippen molar-refractivity contribution >= 4 is 11.6 Å². The highest BCUT2D eigenvalue weighted by Gasteiger charge is 2.22. The maximum atomic E-state index is 12.6. The Hall–Kier alpha value is -2.69. The number of carbonyl (C=O) groups is 1. The third-order valence-electron chi connectivity index (χ3n) is 4.03. The third kappa shape index (κ3) is 4.10. The molecule has 0 aromatic heterocycles. The van der Waals surface area contributed by atoms with Crippen molar-refractivity contribution in [1.29, 1.82) is 0 Å². The molecule has 1 aliphatic rings. The Morgan fingerprint density at radius 1 is 1.27 bits per heavy atom. The summed E-state index contributed by atoms with van der Waals surface area (Å²) >= 11 is 0. The lowest BCUT2D eigenvalue weighted by Gasteiger charge is -2.14. The Morgan fingerprint density at radius 3 is 2.65 bits per heavy atom. The predicted molar refractivity (Wildman–Crippen MR) is 102 cm³/mol. The summed E-state index contributed by atoms with van der Waals surface area (Å²) in [5, 5.41) is 2.93. The average molecular weight is 355 g/mol. The summed E-state index contributed by atoms with van der Waals surface area (Å²) in [5.74, 6) is 2.01. The Bertz CT molecular complexity index is 783. The molecule has 0 radical (unpaired) electrons. The highest BCUT2D eigenvalue weighted by Crippen LogP contribution is 2.38. The maximum Gasteiger partial charge on any atom is 0.255 e. The number of nitrogens with one attached hydrogen (secondary N) is 1. The van der Waals surface area contributed by atoms with Gasteiger partial charge in [0.2, 0.25) is 0 Å². The van der Waals surface area contributed by atoms with Crippen LogP contribution in [-0.4, -0.2) is 24.7 Å². The summed E-state index contributed by atoms with van der Waals surface area (Å²) < 4.78 is 17.1. The lowest BCUT2D eigenvalue weighted by atomic mass is 10.1. The largest absolute Gasteiger partial charge is 0.492 e. The van der Waals surface area contributed by atoms with E-state index in [9.17, 15) is 4.79 Å². The molecular formula is C21H25NO4. The van der Waals surface area contributed by atoms with E-state index in [1.165, 1.54) is 0 Å². The van der Waals surface area contributed by atoms with E-state index in [2.05, 4.69) is 5.32 Å². The Balaban J connectivity index is 1.79. The number of hydrogen-bond acceptors (Lipinski definition) is 4. The van der Waals surface area contributed by atoms with Gasteiger partial charge in [-0.3, -0.25) is 4.79 Å². The van der Waals surface area contributed by atoms with Crippen molar-refractivity contribution in [1.82, 2.24) is 0 Å². The van der Waals surface area contributed by atoms with Gasteiger partial charge in [-0.05, 0) is 58.0 Å². The molecule has 1 heterocycles. The molecule has 1 atom stereocenters. The molecule has 26 heavy (non-hydrogen) atoms. The fraction of sp³-hybridized carbons (Fsp3) is 0.381. The van der Waals surface area contributed by atoms with Crippen LogP contribution in [0, 0.1) is 0 Å². The topological polar surface area (TPSA) is 56.8 Å². The van der Waals surface area contributed by atoms with Gasteiger partial charge < -0.3 is 19.5 Å². The van der Waals surface area contributed by atoms with Crippen LogP contribution in [0.25, 0.3) is 0 Å². The van der Waals surface area contributed by atoms with Crippen LogP contribution in [0.1, 0.15) is 43.6 Å². The molecule has 3 rings (SSSR count). The molecule has 1 N–H and O–H groups in total. The highest BCUT2D eigenvalue weighted by atomic mass is 16.5. The number of carbonyl (C=O) groups excluding carboxylic acids is 1. The van der Waals surface area contributed by atoms with Gasteiger partial charge in [-0.1, -0.05) is 0 Å². The van der Waals surface area contributed by atoms with E-state index in [0.29, 0.717) is 23.6 Å². The molecule has 0 saturated carbocycles. The number of fused-ring (bicyclic) bond motifs is 1. The highest BCUT2D eigenvalue weighted by molar-refractivity contribution is 6.05. The van der Waals surface area contributed by atoms with Crippen molar-refractivity contribution < 1.29 is 19.0 Å². The third-order valence-corrected chi connectivity index (χ3v) is 4.03. The zero-order chi connectivity index (χ0) is 18.7. The molecule has 0 saturated heterocycles. The first-order chi connectivity index (χ1) is 12.5. The van der Waals surface area contributed by atoms with E-state index < -0.39 is 0 Å². The second-order valence-electron chi connectivity index (χ2n) is 6.67. The first-order valence-electron chi connectivity index (χ1n) is 9.00. The van der Waals surface area contributed by atoms with Crippen molar-refractivity contribution in [2.75, 3.05) is 11.9 Å². The lowest BCUT2D eigenvalue weighted by Crippen LogP contribution is -2.13. The van der Waals surface area contributed by atoms with Crippen molar-refractivity contribution in [2.45, 2.75) is 46.3 Å². The van der Waals surface area contributed by atoms with E-state index in [-0.39, 0.29) is 18.1 Å². The number of amides is 1. The summed E-state index contributed by atoms with van der Waals surface area (Å²) in [6, 6.07) is 10.9. The van der Waals surface area contributed by atoms with Gasteiger partial charge in [0.15, 0.2) is 0 Å². The zero-order valence-corrected chi connectivity index (χ0v) is 15.7. The van der Waals surface area contributed by atoms with Crippen LogP contribution in [0.4, 0.5) is 5.69 Å². The normalized spacial score (nSPS) is 15.3. The number of anilines is 1. The molecule has 1 aliphatic heterocycles. The summed E-state index contributed by atoms with van der Waals surface area (Å²) in [5.41, 5.74) is 2.28. The molecule has 0 aliphatic carbocycles. The van der Waals surface area contributed by atoms with Gasteiger partial charge in [0.25, 0.3) is 5.91 Å². The minimum absolute atomic E-state index is 0.0947. The number of ether oxygens (including phenoxy) is 3. The fourth-order valence-corrected chi connectivity index (χ4v) is 2.96. The zero-order valence-electron chi connectivity index (χ0n) is 15.7. The van der Waals surface area contributed by atoms with Crippen LogP contribution >= 0.6 is 0 Å². The summed E-state index contributed by atoms with van der Waals surface area (Å²) in [4.78, 5) is 12.6. The molecule has 0 bridgehead atoms. The van der Waals surface area contributed by atoms with Gasteiger partial charge in [0.1, 0.15) is 23.4 Å². The van der Waals surface area contributed by atoms with Crippen molar-refractivity contribution in [3.05, 3.63) is 47.5 Å². The van der Waals surface area contributed by atoms with Crippen LogP contribution in [-0.2, 0) is 6.42 Å². The van der Waals surface area contributed by atoms with Gasteiger partial charge >= 0.3 is 0 Å². The lowest BCUT2D eigenvalue weighted by molar-refractivity contribution is 0.102. The van der Waals surface area contributed by atoms with E-state index in [0.717, 1.165) is 23.5 Å². The van der Waals surface area contributed by atoms with Gasteiger partial charge in [-0.15, -0.1) is 0 Å². The van der Waals surface area contributed by atoms with Crippen molar-refractivity contribution in [3.8, 4) is 17.2 Å². The van der Waals surface area contributed by atoms with Gasteiger partial charge in [0.05, 0.1) is 18.4 Å². The van der Waals surface area contributed by atoms with Crippen LogP contribution in [0.5, 0.6) is 17.2 Å². The average Bonchev–Trinajstić information content (AvgIpc) is 2.94. The molecule has 2 aromatic carbocycles. The second-order valence-corrected chi connectivity index (χ2v) is 6.67. The fourth-order valence-electron chi connectivity index (χ4n) is 2.96. The predicted octanol–water partition coefficient (Wildman–Crippen LogP) is 4.45. The Morgan fingerprint density at radius 2 is 2.00 bits per heavy atom. The molecule has 5 nitrogen and oxygen atoms in total. The first kappa shape index (κ1) is 18.1. The molecule has 1 amide bonds. The maximum absolute atomic E-state index is 12.6. The summed E-state index contributed by atoms with van der Waals surface area (Å²) in [6.07, 6.45) is 1.08. The molecule has 138 valence electrons. The van der Waals surface area contributed by atoms with Gasteiger partial charge in [-0.25, -0.2) is 0 Å². The molecule has 0 spiro atoms. The van der Waals surface area contributed by atoms with Crippen LogP contribution in [0.3, 0.4) is 0 Å². The number of rotatable bonds is 6. The standard InChI is InChI=1S/C21H25NO4/c1-5-24-20-11-16-10-14(4)26-19(16)12-18(20)22-21(23)15-6-8-17(9-7-15)25-13(2)3/h6-9,11-14H,5,10H2,1-4H3,(H,22,23)/t14-/m0/s1. The summed E-state index contributed by atoms with van der Waals surface area (Å²) in [7, 11) is 0.